The zero-order chi connectivity index (χ0) is 12.3. The Bertz CT molecular complexity index is 523. The SMILES string of the molecule is O=C(Nc1ccc(Br)cc1)c1cc[n+]([O-])cc1. The minimum atomic E-state index is -0.243. The molecule has 4 nitrogen and oxygen atoms in total. The summed E-state index contributed by atoms with van der Waals surface area (Å²) < 4.78 is 1.58. The lowest BCUT2D eigenvalue weighted by molar-refractivity contribution is -0.605. The maximum Gasteiger partial charge on any atom is 0.256 e. The summed E-state index contributed by atoms with van der Waals surface area (Å²) in [6.07, 6.45) is 2.58. The van der Waals surface area contributed by atoms with Crippen LogP contribution in [0.2, 0.25) is 0 Å². The van der Waals surface area contributed by atoms with E-state index in [9.17, 15) is 10.0 Å². The Kier molecular flexibility index (Phi) is 3.39. The van der Waals surface area contributed by atoms with Crippen molar-refractivity contribution in [2.24, 2.45) is 0 Å². The first-order chi connectivity index (χ1) is 8.15. The van der Waals surface area contributed by atoms with Crippen LogP contribution < -0.4 is 10.0 Å². The largest absolute Gasteiger partial charge is 0.619 e. The van der Waals surface area contributed by atoms with E-state index in [1.54, 1.807) is 12.1 Å². The Balaban J connectivity index is 2.11. The number of hydrogen-bond donors (Lipinski definition) is 1. The molecule has 86 valence electrons. The molecule has 1 aromatic carbocycles. The lowest BCUT2D eigenvalue weighted by atomic mass is 10.2. The normalized spacial score (nSPS) is 9.94. The molecule has 0 spiro atoms. The molecule has 1 N–H and O–H groups in total. The minimum absolute atomic E-state index is 0.243. The second kappa shape index (κ2) is 4.97. The summed E-state index contributed by atoms with van der Waals surface area (Å²) in [4.78, 5) is 11.8. The first-order valence-corrected chi connectivity index (χ1v) is 5.70. The highest BCUT2D eigenvalue weighted by molar-refractivity contribution is 9.10. The maximum absolute atomic E-state index is 11.8. The number of carbonyl (C=O) groups is 1. The van der Waals surface area contributed by atoms with Crippen molar-refractivity contribution < 1.29 is 9.52 Å². The molecule has 0 bridgehead atoms. The third-order valence-electron chi connectivity index (χ3n) is 2.17. The van der Waals surface area contributed by atoms with Crippen LogP contribution in [0.15, 0.2) is 53.3 Å². The number of aromatic nitrogens is 1. The third-order valence-corrected chi connectivity index (χ3v) is 2.69. The number of hydrogen-bond acceptors (Lipinski definition) is 2. The molecule has 1 aromatic heterocycles. The third kappa shape index (κ3) is 3.04. The summed E-state index contributed by atoms with van der Waals surface area (Å²) in [7, 11) is 0. The van der Waals surface area contributed by atoms with Gasteiger partial charge in [0.2, 0.25) is 0 Å². The lowest BCUT2D eigenvalue weighted by Crippen LogP contribution is -2.25. The molecule has 0 saturated heterocycles. The van der Waals surface area contributed by atoms with Gasteiger partial charge in [0.25, 0.3) is 5.91 Å². The van der Waals surface area contributed by atoms with Crippen molar-refractivity contribution in [3.63, 3.8) is 0 Å². The van der Waals surface area contributed by atoms with Crippen LogP contribution in [0.1, 0.15) is 10.4 Å². The van der Waals surface area contributed by atoms with Crippen LogP contribution in [-0.4, -0.2) is 5.91 Å². The fraction of sp³-hybridized carbons (Fsp3) is 0. The van der Waals surface area contributed by atoms with Gasteiger partial charge in [-0.25, -0.2) is 0 Å². The average molecular weight is 293 g/mol. The van der Waals surface area contributed by atoms with Gasteiger partial charge in [-0.2, -0.15) is 4.73 Å². The molecule has 0 fully saturated rings. The topological polar surface area (TPSA) is 56.0 Å². The van der Waals surface area contributed by atoms with Crippen molar-refractivity contribution in [2.45, 2.75) is 0 Å². The number of nitrogens with zero attached hydrogens (tertiary/aromatic N) is 1. The standard InChI is InChI=1S/C12H9BrN2O2/c13-10-1-3-11(4-2-10)14-12(16)9-5-7-15(17)8-6-9/h1-8H,(H,14,16). The summed E-state index contributed by atoms with van der Waals surface area (Å²) >= 11 is 3.31. The summed E-state index contributed by atoms with van der Waals surface area (Å²) in [5.74, 6) is -0.243. The van der Waals surface area contributed by atoms with E-state index in [0.717, 1.165) is 4.47 Å². The minimum Gasteiger partial charge on any atom is -0.619 e. The van der Waals surface area contributed by atoms with E-state index in [1.807, 2.05) is 12.1 Å². The highest BCUT2D eigenvalue weighted by atomic mass is 79.9. The lowest BCUT2D eigenvalue weighted by Gasteiger charge is -2.04. The molecule has 0 unspecified atom stereocenters. The Morgan fingerprint density at radius 2 is 1.71 bits per heavy atom. The highest BCUT2D eigenvalue weighted by Gasteiger charge is 2.06. The van der Waals surface area contributed by atoms with Crippen LogP contribution in [0.25, 0.3) is 0 Å². The molecule has 2 aromatic rings. The fourth-order valence-electron chi connectivity index (χ4n) is 1.30. The first-order valence-electron chi connectivity index (χ1n) is 4.91. The molecule has 0 saturated carbocycles. The summed E-state index contributed by atoms with van der Waals surface area (Å²) in [6.45, 7) is 0. The average Bonchev–Trinajstić information content (AvgIpc) is 2.33. The number of rotatable bonds is 2. The number of halogens is 1. The van der Waals surface area contributed by atoms with Crippen molar-refractivity contribution in [1.29, 1.82) is 0 Å². The Hall–Kier alpha value is -1.88. The van der Waals surface area contributed by atoms with Gasteiger partial charge >= 0.3 is 0 Å². The van der Waals surface area contributed by atoms with Gasteiger partial charge in [0.05, 0.1) is 5.56 Å². The van der Waals surface area contributed by atoms with Gasteiger partial charge in [0.1, 0.15) is 0 Å². The second-order valence-electron chi connectivity index (χ2n) is 3.41. The summed E-state index contributed by atoms with van der Waals surface area (Å²) in [5, 5.41) is 13.6. The van der Waals surface area contributed by atoms with Crippen LogP contribution in [0.4, 0.5) is 5.69 Å². The Labute approximate surface area is 107 Å². The first kappa shape index (κ1) is 11.6. The maximum atomic E-state index is 11.8. The highest BCUT2D eigenvalue weighted by Crippen LogP contribution is 2.14. The molecular weight excluding hydrogens is 284 g/mol. The van der Waals surface area contributed by atoms with E-state index < -0.39 is 0 Å². The zero-order valence-electron chi connectivity index (χ0n) is 8.76. The Morgan fingerprint density at radius 1 is 1.12 bits per heavy atom. The smallest absolute Gasteiger partial charge is 0.256 e. The van der Waals surface area contributed by atoms with Gasteiger partial charge < -0.3 is 10.5 Å². The molecule has 5 heteroatoms. The van der Waals surface area contributed by atoms with Crippen molar-refractivity contribution >= 4 is 27.5 Å². The monoisotopic (exact) mass is 292 g/mol. The van der Waals surface area contributed by atoms with Crippen LogP contribution in [0, 0.1) is 5.21 Å². The Morgan fingerprint density at radius 3 is 2.29 bits per heavy atom. The molecule has 0 aliphatic heterocycles. The predicted molar refractivity (Wildman–Crippen MR) is 67.5 cm³/mol. The quantitative estimate of drug-likeness (QED) is 0.682. The molecular formula is C12H9BrN2O2. The fourth-order valence-corrected chi connectivity index (χ4v) is 1.56. The number of benzene rings is 1. The van der Waals surface area contributed by atoms with E-state index in [-0.39, 0.29) is 5.91 Å². The predicted octanol–water partition coefficient (Wildman–Crippen LogP) is 2.33. The number of anilines is 1. The van der Waals surface area contributed by atoms with Crippen LogP contribution in [0.3, 0.4) is 0 Å². The van der Waals surface area contributed by atoms with Gasteiger partial charge in [-0.15, -0.1) is 0 Å². The van der Waals surface area contributed by atoms with Gasteiger partial charge in [0.15, 0.2) is 12.4 Å². The molecule has 0 aliphatic rings. The molecule has 0 aliphatic carbocycles. The van der Waals surface area contributed by atoms with Crippen molar-refractivity contribution in [1.82, 2.24) is 0 Å². The molecule has 2 rings (SSSR count). The number of nitrogens with one attached hydrogen (secondary N) is 1. The molecule has 17 heavy (non-hydrogen) atoms. The van der Waals surface area contributed by atoms with Gasteiger partial charge in [-0.1, -0.05) is 15.9 Å². The second-order valence-corrected chi connectivity index (χ2v) is 4.32. The van der Waals surface area contributed by atoms with E-state index >= 15 is 0 Å². The van der Waals surface area contributed by atoms with Crippen LogP contribution in [-0.2, 0) is 0 Å². The van der Waals surface area contributed by atoms with E-state index in [2.05, 4.69) is 21.2 Å². The van der Waals surface area contributed by atoms with E-state index in [0.29, 0.717) is 16.0 Å². The summed E-state index contributed by atoms with van der Waals surface area (Å²) in [6, 6.07) is 10.2. The number of amides is 1. The molecule has 0 atom stereocenters. The van der Waals surface area contributed by atoms with Crippen molar-refractivity contribution in [3.8, 4) is 0 Å². The number of pyridine rings is 1. The van der Waals surface area contributed by atoms with Gasteiger partial charge in [-0.05, 0) is 24.3 Å². The van der Waals surface area contributed by atoms with E-state index in [1.165, 1.54) is 24.5 Å². The van der Waals surface area contributed by atoms with E-state index in [4.69, 9.17) is 0 Å². The van der Waals surface area contributed by atoms with Crippen LogP contribution >= 0.6 is 15.9 Å². The molecule has 1 heterocycles. The van der Waals surface area contributed by atoms with Gasteiger partial charge in [-0.3, -0.25) is 4.79 Å². The zero-order valence-corrected chi connectivity index (χ0v) is 10.3. The summed E-state index contributed by atoms with van der Waals surface area (Å²) in [5.41, 5.74) is 1.15. The van der Waals surface area contributed by atoms with Gasteiger partial charge in [0, 0.05) is 22.3 Å². The van der Waals surface area contributed by atoms with Crippen molar-refractivity contribution in [3.05, 3.63) is 64.0 Å². The van der Waals surface area contributed by atoms with Crippen molar-refractivity contribution in [2.75, 3.05) is 5.32 Å². The van der Waals surface area contributed by atoms with Crippen LogP contribution in [0.5, 0.6) is 0 Å². The molecule has 0 radical (unpaired) electrons. The molecule has 1 amide bonds. The number of carbonyl (C=O) groups excluding carboxylic acids is 1.